The molecule has 5 nitrogen and oxygen atoms in total. The van der Waals surface area contributed by atoms with Crippen LogP contribution in [0, 0.1) is 6.92 Å². The molecule has 0 aliphatic carbocycles. The normalized spacial score (nSPS) is 14.3. The fraction of sp³-hybridized carbons (Fsp3) is 0.393. The van der Waals surface area contributed by atoms with Crippen molar-refractivity contribution in [1.82, 2.24) is 14.8 Å². The Bertz CT molecular complexity index is 1180. The van der Waals surface area contributed by atoms with Crippen LogP contribution in [-0.2, 0) is 6.54 Å². The van der Waals surface area contributed by atoms with Gasteiger partial charge in [-0.2, -0.15) is 0 Å². The summed E-state index contributed by atoms with van der Waals surface area (Å²) in [5.74, 6) is -0.0158. The second-order valence-electron chi connectivity index (χ2n) is 9.20. The molecule has 1 N–H and O–H groups in total. The number of benzene rings is 2. The molecule has 0 unspecified atom stereocenters. The predicted molar refractivity (Wildman–Crippen MR) is 152 cm³/mol. The third kappa shape index (κ3) is 6.20. The minimum Gasteiger partial charge on any atom is -0.368 e. The highest BCUT2D eigenvalue weighted by Gasteiger charge is 2.20. The lowest BCUT2D eigenvalue weighted by Crippen LogP contribution is -2.47. The molecule has 1 amide bonds. The van der Waals surface area contributed by atoms with Crippen LogP contribution in [0.25, 0.3) is 11.3 Å². The second kappa shape index (κ2) is 12.4. The maximum Gasteiger partial charge on any atom is 0.253 e. The Kier molecular flexibility index (Phi) is 9.24. The summed E-state index contributed by atoms with van der Waals surface area (Å²) in [6.07, 6.45) is 1.90. The van der Waals surface area contributed by atoms with Crippen molar-refractivity contribution in [2.45, 2.75) is 33.2 Å². The summed E-state index contributed by atoms with van der Waals surface area (Å²) >= 11 is 18.6. The molecular weight excluding hydrogens is 515 g/mol. The molecule has 2 aromatic carbocycles. The molecule has 1 fully saturated rings. The molecule has 192 valence electrons. The molecule has 4 rings (SSSR count). The SMILES string of the molecule is CCCn1c(-c2ccc(Cl)cc2)cc(C(=O)NCCCN2CCN(c3cccc(Cl)c3Cl)CC2)c1C. The predicted octanol–water partition coefficient (Wildman–Crippen LogP) is 6.78. The largest absolute Gasteiger partial charge is 0.368 e. The van der Waals surface area contributed by atoms with Crippen molar-refractivity contribution in [2.75, 3.05) is 44.2 Å². The summed E-state index contributed by atoms with van der Waals surface area (Å²) in [4.78, 5) is 17.8. The molecule has 3 aromatic rings. The highest BCUT2D eigenvalue weighted by atomic mass is 35.5. The first-order valence-corrected chi connectivity index (χ1v) is 13.7. The van der Waals surface area contributed by atoms with E-state index in [1.54, 1.807) is 0 Å². The van der Waals surface area contributed by atoms with Crippen molar-refractivity contribution in [3.8, 4) is 11.3 Å². The van der Waals surface area contributed by atoms with Crippen molar-refractivity contribution >= 4 is 46.4 Å². The lowest BCUT2D eigenvalue weighted by molar-refractivity contribution is 0.0950. The summed E-state index contributed by atoms with van der Waals surface area (Å²) in [5, 5.41) is 5.05. The lowest BCUT2D eigenvalue weighted by Gasteiger charge is -2.36. The fourth-order valence-electron chi connectivity index (χ4n) is 4.80. The van der Waals surface area contributed by atoms with E-state index in [0.717, 1.165) is 80.3 Å². The Hall–Kier alpha value is -2.18. The minimum atomic E-state index is -0.0158. The topological polar surface area (TPSA) is 40.5 Å². The van der Waals surface area contributed by atoms with Gasteiger partial charge in [-0.15, -0.1) is 0 Å². The van der Waals surface area contributed by atoms with Gasteiger partial charge in [-0.1, -0.05) is 59.9 Å². The van der Waals surface area contributed by atoms with E-state index in [0.29, 0.717) is 21.6 Å². The third-order valence-electron chi connectivity index (χ3n) is 6.78. The molecule has 1 aliphatic heterocycles. The van der Waals surface area contributed by atoms with Gasteiger partial charge in [-0.05, 0) is 62.2 Å². The van der Waals surface area contributed by atoms with Crippen LogP contribution in [0.3, 0.4) is 0 Å². The number of carbonyl (C=O) groups is 1. The molecule has 0 spiro atoms. The van der Waals surface area contributed by atoms with Crippen LogP contribution in [0.5, 0.6) is 0 Å². The number of nitrogens with one attached hydrogen (secondary N) is 1. The van der Waals surface area contributed by atoms with Gasteiger partial charge in [0.05, 0.1) is 21.3 Å². The van der Waals surface area contributed by atoms with Crippen LogP contribution < -0.4 is 10.2 Å². The second-order valence-corrected chi connectivity index (χ2v) is 10.4. The number of hydrogen-bond acceptors (Lipinski definition) is 3. The zero-order valence-corrected chi connectivity index (χ0v) is 23.1. The molecule has 0 radical (unpaired) electrons. The van der Waals surface area contributed by atoms with E-state index < -0.39 is 0 Å². The van der Waals surface area contributed by atoms with E-state index in [4.69, 9.17) is 34.8 Å². The summed E-state index contributed by atoms with van der Waals surface area (Å²) in [6, 6.07) is 15.6. The Morgan fingerprint density at radius 2 is 1.69 bits per heavy atom. The zero-order valence-electron chi connectivity index (χ0n) is 20.9. The molecule has 2 heterocycles. The molecule has 1 aliphatic rings. The van der Waals surface area contributed by atoms with Gasteiger partial charge in [-0.3, -0.25) is 9.69 Å². The van der Waals surface area contributed by atoms with Crippen LogP contribution in [0.15, 0.2) is 48.5 Å². The summed E-state index contributed by atoms with van der Waals surface area (Å²) in [5.41, 5.74) is 4.84. The van der Waals surface area contributed by atoms with E-state index in [2.05, 4.69) is 26.6 Å². The molecule has 0 saturated carbocycles. The number of halogens is 3. The molecule has 36 heavy (non-hydrogen) atoms. The van der Waals surface area contributed by atoms with E-state index in [1.165, 1.54) is 0 Å². The Morgan fingerprint density at radius 3 is 2.39 bits per heavy atom. The van der Waals surface area contributed by atoms with Crippen molar-refractivity contribution in [3.05, 3.63) is 74.9 Å². The van der Waals surface area contributed by atoms with Crippen LogP contribution in [0.2, 0.25) is 15.1 Å². The number of amides is 1. The lowest BCUT2D eigenvalue weighted by atomic mass is 10.1. The van der Waals surface area contributed by atoms with Crippen molar-refractivity contribution in [2.24, 2.45) is 0 Å². The average Bonchev–Trinajstić information content (AvgIpc) is 3.20. The van der Waals surface area contributed by atoms with E-state index >= 15 is 0 Å². The van der Waals surface area contributed by atoms with Gasteiger partial charge in [0.2, 0.25) is 0 Å². The monoisotopic (exact) mass is 546 g/mol. The first kappa shape index (κ1) is 26.9. The van der Waals surface area contributed by atoms with Crippen LogP contribution in [0.1, 0.15) is 35.8 Å². The number of aromatic nitrogens is 1. The van der Waals surface area contributed by atoms with Gasteiger partial charge in [0.25, 0.3) is 5.91 Å². The standard InChI is InChI=1S/C28H33Cl3N4O/c1-3-13-35-20(2)23(19-26(35)21-8-10-22(29)11-9-21)28(36)32-12-5-14-33-15-17-34(18-16-33)25-7-4-6-24(30)27(25)31/h4,6-11,19H,3,5,12-18H2,1-2H3,(H,32,36). The van der Waals surface area contributed by atoms with Crippen molar-refractivity contribution in [1.29, 1.82) is 0 Å². The van der Waals surface area contributed by atoms with Crippen molar-refractivity contribution in [3.63, 3.8) is 0 Å². The average molecular weight is 548 g/mol. The van der Waals surface area contributed by atoms with Gasteiger partial charge < -0.3 is 14.8 Å². The van der Waals surface area contributed by atoms with E-state index in [-0.39, 0.29) is 5.91 Å². The smallest absolute Gasteiger partial charge is 0.253 e. The van der Waals surface area contributed by atoms with Gasteiger partial charge in [0.15, 0.2) is 0 Å². The van der Waals surface area contributed by atoms with Gasteiger partial charge in [0.1, 0.15) is 0 Å². The number of nitrogens with zero attached hydrogens (tertiary/aromatic N) is 3. The fourth-order valence-corrected chi connectivity index (χ4v) is 5.34. The molecule has 1 aromatic heterocycles. The zero-order chi connectivity index (χ0) is 25.7. The van der Waals surface area contributed by atoms with Crippen LogP contribution in [0.4, 0.5) is 5.69 Å². The van der Waals surface area contributed by atoms with Gasteiger partial charge in [-0.25, -0.2) is 0 Å². The van der Waals surface area contributed by atoms with Gasteiger partial charge in [0, 0.05) is 55.7 Å². The summed E-state index contributed by atoms with van der Waals surface area (Å²) in [6.45, 7) is 10.4. The molecular formula is C28H33Cl3N4O. The number of hydrogen-bond donors (Lipinski definition) is 1. The van der Waals surface area contributed by atoms with E-state index in [1.807, 2.05) is 55.5 Å². The number of rotatable bonds is 9. The first-order chi connectivity index (χ1) is 17.4. The Morgan fingerprint density at radius 1 is 0.972 bits per heavy atom. The number of carbonyl (C=O) groups excluding carboxylic acids is 1. The van der Waals surface area contributed by atoms with Crippen molar-refractivity contribution < 1.29 is 4.79 Å². The highest BCUT2D eigenvalue weighted by molar-refractivity contribution is 6.43. The minimum absolute atomic E-state index is 0.0158. The molecule has 1 saturated heterocycles. The Labute approximate surface area is 228 Å². The van der Waals surface area contributed by atoms with Crippen LogP contribution >= 0.6 is 34.8 Å². The number of piperazine rings is 1. The van der Waals surface area contributed by atoms with Gasteiger partial charge >= 0.3 is 0 Å². The van der Waals surface area contributed by atoms with Crippen LogP contribution in [-0.4, -0.2) is 54.6 Å². The summed E-state index contributed by atoms with van der Waals surface area (Å²) < 4.78 is 2.23. The number of anilines is 1. The third-order valence-corrected chi connectivity index (χ3v) is 7.84. The summed E-state index contributed by atoms with van der Waals surface area (Å²) in [7, 11) is 0. The maximum absolute atomic E-state index is 13.0. The maximum atomic E-state index is 13.0. The molecule has 0 atom stereocenters. The Balaban J connectivity index is 1.29. The van der Waals surface area contributed by atoms with E-state index in [9.17, 15) is 4.79 Å². The quantitative estimate of drug-likeness (QED) is 0.300. The molecule has 0 bridgehead atoms. The first-order valence-electron chi connectivity index (χ1n) is 12.5. The molecule has 8 heteroatoms. The highest BCUT2D eigenvalue weighted by Crippen LogP contribution is 2.33.